The molecule has 0 aromatic heterocycles. The molecule has 0 saturated carbocycles. The lowest BCUT2D eigenvalue weighted by Crippen LogP contribution is -2.41. The van der Waals surface area contributed by atoms with Crippen LogP contribution in [0.15, 0.2) is 18.2 Å². The van der Waals surface area contributed by atoms with E-state index in [2.05, 4.69) is 0 Å². The molecule has 88 valence electrons. The van der Waals surface area contributed by atoms with Crippen molar-refractivity contribution in [3.63, 3.8) is 0 Å². The largest absolute Gasteiger partial charge is 0.477 e. The molecule has 0 bridgehead atoms. The van der Waals surface area contributed by atoms with Gasteiger partial charge in [-0.25, -0.2) is 14.6 Å². The van der Waals surface area contributed by atoms with Gasteiger partial charge in [-0.3, -0.25) is 10.2 Å². The Morgan fingerprint density at radius 3 is 2.81 bits per heavy atom. The van der Waals surface area contributed by atoms with E-state index in [1.807, 2.05) is 5.43 Å². The Balaban J connectivity index is 2.85. The molecule has 1 unspecified atom stereocenters. The van der Waals surface area contributed by atoms with Crippen molar-refractivity contribution in [2.24, 2.45) is 5.84 Å². The zero-order chi connectivity index (χ0) is 12.1. The molecule has 0 saturated heterocycles. The van der Waals surface area contributed by atoms with Gasteiger partial charge < -0.3 is 4.74 Å². The summed E-state index contributed by atoms with van der Waals surface area (Å²) >= 11 is 0. The Morgan fingerprint density at radius 1 is 1.56 bits per heavy atom. The van der Waals surface area contributed by atoms with Crippen LogP contribution in [0.5, 0.6) is 5.75 Å². The smallest absolute Gasteiger partial charge is 0.274 e. The molecule has 0 radical (unpaired) electrons. The molecule has 4 nitrogen and oxygen atoms in total. The molecule has 1 amide bonds. The fourth-order valence-electron chi connectivity index (χ4n) is 1.14. The summed E-state index contributed by atoms with van der Waals surface area (Å²) in [6.07, 6.45) is -0.653. The van der Waals surface area contributed by atoms with Gasteiger partial charge in [-0.15, -0.1) is 0 Å². The van der Waals surface area contributed by atoms with E-state index in [0.717, 1.165) is 18.2 Å². The minimum absolute atomic E-state index is 0.291. The van der Waals surface area contributed by atoms with Crippen LogP contribution < -0.4 is 16.0 Å². The molecular formula is C10H12F2N2O2. The Labute approximate surface area is 91.4 Å². The van der Waals surface area contributed by atoms with Crippen molar-refractivity contribution < 1.29 is 18.3 Å². The highest BCUT2D eigenvalue weighted by atomic mass is 19.1. The van der Waals surface area contributed by atoms with Crippen molar-refractivity contribution >= 4 is 5.91 Å². The van der Waals surface area contributed by atoms with Crippen molar-refractivity contribution in [1.82, 2.24) is 5.43 Å². The Morgan fingerprint density at radius 2 is 2.25 bits per heavy atom. The summed E-state index contributed by atoms with van der Waals surface area (Å²) in [4.78, 5) is 11.2. The first-order chi connectivity index (χ1) is 7.58. The molecule has 0 spiro atoms. The van der Waals surface area contributed by atoms with Gasteiger partial charge in [-0.05, 0) is 18.6 Å². The molecule has 0 aliphatic carbocycles. The van der Waals surface area contributed by atoms with Crippen LogP contribution in [0.1, 0.15) is 13.3 Å². The summed E-state index contributed by atoms with van der Waals surface area (Å²) in [6, 6.07) is 2.77. The third-order valence-corrected chi connectivity index (χ3v) is 1.97. The first-order valence-corrected chi connectivity index (χ1v) is 4.70. The number of hydrogen-bond acceptors (Lipinski definition) is 3. The zero-order valence-corrected chi connectivity index (χ0v) is 8.67. The number of rotatable bonds is 4. The second-order valence-corrected chi connectivity index (χ2v) is 3.10. The summed E-state index contributed by atoms with van der Waals surface area (Å²) < 4.78 is 31.0. The number of amides is 1. The summed E-state index contributed by atoms with van der Waals surface area (Å²) in [5.74, 6) is 2.65. The maximum Gasteiger partial charge on any atom is 0.274 e. The van der Waals surface area contributed by atoms with Crippen LogP contribution >= 0.6 is 0 Å². The van der Waals surface area contributed by atoms with Crippen LogP contribution in [0.25, 0.3) is 0 Å². The highest BCUT2D eigenvalue weighted by molar-refractivity contribution is 5.80. The summed E-state index contributed by atoms with van der Waals surface area (Å²) in [5.41, 5.74) is 1.89. The van der Waals surface area contributed by atoms with Crippen LogP contribution in [0, 0.1) is 11.6 Å². The summed E-state index contributed by atoms with van der Waals surface area (Å²) in [5, 5.41) is 0. The minimum atomic E-state index is -0.943. The number of nitrogens with one attached hydrogen (secondary N) is 1. The number of hydrogen-bond donors (Lipinski definition) is 2. The van der Waals surface area contributed by atoms with Crippen LogP contribution in [0.3, 0.4) is 0 Å². The Hall–Kier alpha value is -1.69. The highest BCUT2D eigenvalue weighted by Gasteiger charge is 2.19. The molecular weight excluding hydrogens is 218 g/mol. The van der Waals surface area contributed by atoms with E-state index in [0.29, 0.717) is 6.42 Å². The third kappa shape index (κ3) is 2.90. The van der Waals surface area contributed by atoms with Gasteiger partial charge in [-0.1, -0.05) is 6.92 Å². The molecule has 1 rings (SSSR count). The van der Waals surface area contributed by atoms with Gasteiger partial charge in [0.15, 0.2) is 17.7 Å². The van der Waals surface area contributed by atoms with Crippen molar-refractivity contribution in [1.29, 1.82) is 0 Å². The maximum atomic E-state index is 13.2. The van der Waals surface area contributed by atoms with E-state index < -0.39 is 23.6 Å². The van der Waals surface area contributed by atoms with Gasteiger partial charge in [0.05, 0.1) is 0 Å². The fraction of sp³-hybridized carbons (Fsp3) is 0.300. The van der Waals surface area contributed by atoms with E-state index in [1.165, 1.54) is 0 Å². The lowest BCUT2D eigenvalue weighted by molar-refractivity contribution is -0.128. The predicted octanol–water partition coefficient (Wildman–Crippen LogP) is 1.11. The number of ether oxygens (including phenoxy) is 1. The van der Waals surface area contributed by atoms with Gasteiger partial charge >= 0.3 is 0 Å². The second-order valence-electron chi connectivity index (χ2n) is 3.10. The molecule has 3 N–H and O–H groups in total. The van der Waals surface area contributed by atoms with Crippen LogP contribution in [-0.2, 0) is 4.79 Å². The molecule has 0 heterocycles. The summed E-state index contributed by atoms with van der Waals surface area (Å²) in [6.45, 7) is 1.66. The van der Waals surface area contributed by atoms with E-state index in [1.54, 1.807) is 6.92 Å². The number of hydrazine groups is 1. The fourth-order valence-corrected chi connectivity index (χ4v) is 1.14. The Kier molecular flexibility index (Phi) is 4.19. The zero-order valence-electron chi connectivity index (χ0n) is 8.67. The number of halogens is 2. The van der Waals surface area contributed by atoms with Gasteiger partial charge in [-0.2, -0.15) is 0 Å². The van der Waals surface area contributed by atoms with Gasteiger partial charge in [0.25, 0.3) is 5.91 Å². The second kappa shape index (κ2) is 5.41. The SMILES string of the molecule is CCC(Oc1cc(F)ccc1F)C(=O)NN. The number of nitrogens with two attached hydrogens (primary N) is 1. The molecule has 1 aromatic carbocycles. The average molecular weight is 230 g/mol. The molecule has 0 aliphatic heterocycles. The van der Waals surface area contributed by atoms with Gasteiger partial charge in [0, 0.05) is 6.07 Å². The average Bonchev–Trinajstić information content (AvgIpc) is 2.29. The first-order valence-electron chi connectivity index (χ1n) is 4.70. The third-order valence-electron chi connectivity index (χ3n) is 1.97. The highest BCUT2D eigenvalue weighted by Crippen LogP contribution is 2.20. The van der Waals surface area contributed by atoms with Crippen LogP contribution in [0.2, 0.25) is 0 Å². The monoisotopic (exact) mass is 230 g/mol. The van der Waals surface area contributed by atoms with Gasteiger partial charge in [0.2, 0.25) is 0 Å². The number of benzene rings is 1. The summed E-state index contributed by atoms with van der Waals surface area (Å²) in [7, 11) is 0. The van der Waals surface area contributed by atoms with Crippen molar-refractivity contribution in [3.05, 3.63) is 29.8 Å². The van der Waals surface area contributed by atoms with E-state index in [-0.39, 0.29) is 5.75 Å². The molecule has 0 fully saturated rings. The van der Waals surface area contributed by atoms with Crippen LogP contribution in [-0.4, -0.2) is 12.0 Å². The molecule has 1 atom stereocenters. The van der Waals surface area contributed by atoms with Gasteiger partial charge in [0.1, 0.15) is 5.82 Å². The van der Waals surface area contributed by atoms with Crippen molar-refractivity contribution in [2.45, 2.75) is 19.4 Å². The molecule has 16 heavy (non-hydrogen) atoms. The van der Waals surface area contributed by atoms with Crippen LogP contribution in [0.4, 0.5) is 8.78 Å². The maximum absolute atomic E-state index is 13.2. The molecule has 0 aliphatic rings. The van der Waals surface area contributed by atoms with E-state index in [4.69, 9.17) is 10.6 Å². The topological polar surface area (TPSA) is 64.3 Å². The number of carbonyl (C=O) groups is 1. The number of carbonyl (C=O) groups excluding carboxylic acids is 1. The van der Waals surface area contributed by atoms with E-state index in [9.17, 15) is 13.6 Å². The predicted molar refractivity (Wildman–Crippen MR) is 53.4 cm³/mol. The Bertz CT molecular complexity index is 385. The standard InChI is InChI=1S/C10H12F2N2O2/c1-2-8(10(15)14-13)16-9-5-6(11)3-4-7(9)12/h3-5,8H,2,13H2,1H3,(H,14,15). The van der Waals surface area contributed by atoms with Crippen molar-refractivity contribution in [3.8, 4) is 5.75 Å². The minimum Gasteiger partial charge on any atom is -0.477 e. The molecule has 6 heteroatoms. The van der Waals surface area contributed by atoms with Crippen molar-refractivity contribution in [2.75, 3.05) is 0 Å². The first kappa shape index (κ1) is 12.4. The van der Waals surface area contributed by atoms with E-state index >= 15 is 0 Å². The molecule has 1 aromatic rings. The normalized spacial score (nSPS) is 12.0. The lowest BCUT2D eigenvalue weighted by Gasteiger charge is -2.16. The lowest BCUT2D eigenvalue weighted by atomic mass is 10.2. The quantitative estimate of drug-likeness (QED) is 0.462.